The molecule has 1 saturated heterocycles. The van der Waals surface area contributed by atoms with Crippen LogP contribution in [0.5, 0.6) is 0 Å². The van der Waals surface area contributed by atoms with Crippen LogP contribution < -0.4 is 4.72 Å². The molecule has 0 saturated carbocycles. The molecule has 1 fully saturated rings. The van der Waals surface area contributed by atoms with Gasteiger partial charge >= 0.3 is 11.8 Å². The number of hydrogen-bond donors (Lipinski definition) is 1. The van der Waals surface area contributed by atoms with Crippen LogP contribution >= 0.6 is 11.3 Å². The number of sulfonamides is 1. The van der Waals surface area contributed by atoms with Crippen molar-refractivity contribution >= 4 is 33.0 Å². The Morgan fingerprint density at radius 2 is 2.03 bits per heavy atom. The monoisotopic (exact) mass is 448 g/mol. The minimum atomic E-state index is -3.77. The zero-order valence-corrected chi connectivity index (χ0v) is 17.8. The van der Waals surface area contributed by atoms with Gasteiger partial charge in [-0.1, -0.05) is 30.3 Å². The number of nitrogens with zero attached hydrogens (tertiary/aromatic N) is 3. The molecule has 1 N–H and O–H groups in total. The average Bonchev–Trinajstić information content (AvgIpc) is 3.44. The molecule has 1 aliphatic heterocycles. The lowest BCUT2D eigenvalue weighted by atomic mass is 10.1. The molecule has 3 aromatic rings. The van der Waals surface area contributed by atoms with Crippen molar-refractivity contribution in [1.29, 1.82) is 0 Å². The second-order valence-corrected chi connectivity index (χ2v) is 9.42. The number of aromatic nitrogens is 2. The maximum absolute atomic E-state index is 12.8. The predicted octanol–water partition coefficient (Wildman–Crippen LogP) is 2.63. The predicted molar refractivity (Wildman–Crippen MR) is 111 cm³/mol. The van der Waals surface area contributed by atoms with Gasteiger partial charge in [-0.3, -0.25) is 9.52 Å². The summed E-state index contributed by atoms with van der Waals surface area (Å²) < 4.78 is 38.7. The highest BCUT2D eigenvalue weighted by atomic mass is 32.2. The van der Waals surface area contributed by atoms with Crippen molar-refractivity contribution in [3.8, 4) is 11.4 Å². The number of thiophene rings is 1. The largest absolute Gasteiger partial charge is 0.378 e. The maximum Gasteiger partial charge on any atom is 0.316 e. The van der Waals surface area contributed by atoms with Crippen LogP contribution in [0.3, 0.4) is 0 Å². The molecule has 1 aliphatic rings. The number of carbonyl (C=O) groups is 1. The van der Waals surface area contributed by atoms with Crippen molar-refractivity contribution in [2.45, 2.75) is 17.6 Å². The number of para-hydroxylation sites is 1. The van der Waals surface area contributed by atoms with Crippen molar-refractivity contribution in [2.75, 3.05) is 31.0 Å². The summed E-state index contributed by atoms with van der Waals surface area (Å²) in [5, 5.41) is 5.45. The van der Waals surface area contributed by atoms with E-state index in [2.05, 4.69) is 14.9 Å². The number of ether oxygens (including phenoxy) is 1. The van der Waals surface area contributed by atoms with Crippen LogP contribution in [0.4, 0.5) is 5.69 Å². The summed E-state index contributed by atoms with van der Waals surface area (Å²) in [7, 11) is -3.77. The number of morpholine rings is 1. The van der Waals surface area contributed by atoms with Gasteiger partial charge in [0.1, 0.15) is 4.21 Å². The first-order valence-corrected chi connectivity index (χ1v) is 11.7. The Labute approximate surface area is 177 Å². The highest BCUT2D eigenvalue weighted by Gasteiger charge is 2.25. The fourth-order valence-corrected chi connectivity index (χ4v) is 5.29. The normalized spacial score (nSPS) is 14.6. The summed E-state index contributed by atoms with van der Waals surface area (Å²) in [6.07, 6.45) is 0.706. The minimum Gasteiger partial charge on any atom is -0.378 e. The fourth-order valence-electron chi connectivity index (χ4n) is 3.03. The van der Waals surface area contributed by atoms with Crippen molar-refractivity contribution in [1.82, 2.24) is 15.0 Å². The average molecular weight is 449 g/mol. The van der Waals surface area contributed by atoms with Crippen LogP contribution in [0, 0.1) is 0 Å². The maximum atomic E-state index is 12.8. The molecule has 0 unspecified atom stereocenters. The third-order valence-electron chi connectivity index (χ3n) is 4.65. The summed E-state index contributed by atoms with van der Waals surface area (Å²) in [4.78, 5) is 18.2. The van der Waals surface area contributed by atoms with E-state index < -0.39 is 10.0 Å². The number of nitrogens with one attached hydrogen (secondary N) is 1. The van der Waals surface area contributed by atoms with Gasteiger partial charge in [0.15, 0.2) is 0 Å². The Balaban J connectivity index is 1.52. The number of amides is 1. The summed E-state index contributed by atoms with van der Waals surface area (Å²) in [5.41, 5.74) is 1.92. The zero-order valence-electron chi connectivity index (χ0n) is 16.2. The first kappa shape index (κ1) is 20.5. The zero-order chi connectivity index (χ0) is 21.1. The lowest BCUT2D eigenvalue weighted by molar-refractivity contribution is 0.0272. The standard InChI is InChI=1S/C19H20N4O5S2/c1-2-13-5-3-4-6-15(13)22-30(25,26)16-11-14(12-29-16)17-20-18(28-21-17)19(24)23-7-9-27-10-8-23/h3-6,11-12,22H,2,7-10H2,1H3. The summed E-state index contributed by atoms with van der Waals surface area (Å²) >= 11 is 1.05. The van der Waals surface area contributed by atoms with Crippen LogP contribution in [0.25, 0.3) is 11.4 Å². The molecule has 4 rings (SSSR count). The Morgan fingerprint density at radius 3 is 2.80 bits per heavy atom. The molecule has 0 radical (unpaired) electrons. The molecule has 0 bridgehead atoms. The molecule has 1 aromatic carbocycles. The van der Waals surface area contributed by atoms with E-state index in [4.69, 9.17) is 9.26 Å². The van der Waals surface area contributed by atoms with E-state index in [1.165, 1.54) is 6.07 Å². The Morgan fingerprint density at radius 1 is 1.27 bits per heavy atom. The van der Waals surface area contributed by atoms with E-state index in [0.29, 0.717) is 44.0 Å². The Kier molecular flexibility index (Phi) is 5.84. The molecular formula is C19H20N4O5S2. The molecule has 0 atom stereocenters. The van der Waals surface area contributed by atoms with Crippen molar-refractivity contribution in [3.63, 3.8) is 0 Å². The second kappa shape index (κ2) is 8.54. The lowest BCUT2D eigenvalue weighted by Gasteiger charge is -2.25. The van der Waals surface area contributed by atoms with Gasteiger partial charge in [-0.25, -0.2) is 8.42 Å². The van der Waals surface area contributed by atoms with E-state index in [9.17, 15) is 13.2 Å². The SMILES string of the molecule is CCc1ccccc1NS(=O)(=O)c1cc(-c2noc(C(=O)N3CCOCC3)n2)cs1. The molecule has 2 aromatic heterocycles. The highest BCUT2D eigenvalue weighted by Crippen LogP contribution is 2.29. The van der Waals surface area contributed by atoms with Crippen LogP contribution in [-0.2, 0) is 21.2 Å². The highest BCUT2D eigenvalue weighted by molar-refractivity contribution is 7.94. The van der Waals surface area contributed by atoms with E-state index in [1.807, 2.05) is 19.1 Å². The molecule has 0 spiro atoms. The molecule has 158 valence electrons. The number of carbonyl (C=O) groups excluding carboxylic acids is 1. The molecule has 9 nitrogen and oxygen atoms in total. The lowest BCUT2D eigenvalue weighted by Crippen LogP contribution is -2.40. The quantitative estimate of drug-likeness (QED) is 0.616. The van der Waals surface area contributed by atoms with Gasteiger partial charge in [0.25, 0.3) is 10.0 Å². The van der Waals surface area contributed by atoms with Gasteiger partial charge in [-0.15, -0.1) is 11.3 Å². The third kappa shape index (κ3) is 4.23. The Hall–Kier alpha value is -2.76. The minimum absolute atomic E-state index is 0.120. The van der Waals surface area contributed by atoms with Crippen molar-refractivity contribution in [3.05, 3.63) is 47.2 Å². The van der Waals surface area contributed by atoms with E-state index >= 15 is 0 Å². The van der Waals surface area contributed by atoms with Gasteiger partial charge in [0, 0.05) is 24.0 Å². The van der Waals surface area contributed by atoms with Crippen LogP contribution in [0.2, 0.25) is 0 Å². The number of benzene rings is 1. The molecule has 1 amide bonds. The van der Waals surface area contributed by atoms with Gasteiger partial charge in [0.05, 0.1) is 18.9 Å². The van der Waals surface area contributed by atoms with E-state index in [0.717, 1.165) is 16.9 Å². The van der Waals surface area contributed by atoms with Gasteiger partial charge < -0.3 is 14.2 Å². The van der Waals surface area contributed by atoms with E-state index in [-0.39, 0.29) is 21.8 Å². The topological polar surface area (TPSA) is 115 Å². The van der Waals surface area contributed by atoms with Gasteiger partial charge in [-0.2, -0.15) is 4.98 Å². The summed E-state index contributed by atoms with van der Waals surface area (Å²) in [6.45, 7) is 3.81. The number of rotatable bonds is 6. The molecule has 3 heterocycles. The van der Waals surface area contributed by atoms with E-state index in [1.54, 1.807) is 22.4 Å². The second-order valence-electron chi connectivity index (χ2n) is 6.60. The summed E-state index contributed by atoms with van der Waals surface area (Å²) in [5.74, 6) is -0.325. The van der Waals surface area contributed by atoms with Gasteiger partial charge in [-0.05, 0) is 24.1 Å². The molecular weight excluding hydrogens is 428 g/mol. The number of aryl methyl sites for hydroxylation is 1. The van der Waals surface area contributed by atoms with Crippen LogP contribution in [0.1, 0.15) is 23.2 Å². The fraction of sp³-hybridized carbons (Fsp3) is 0.316. The van der Waals surface area contributed by atoms with Crippen LogP contribution in [0.15, 0.2) is 44.4 Å². The molecule has 30 heavy (non-hydrogen) atoms. The summed E-state index contributed by atoms with van der Waals surface area (Å²) in [6, 6.07) is 8.72. The van der Waals surface area contributed by atoms with Gasteiger partial charge in [0.2, 0.25) is 5.82 Å². The van der Waals surface area contributed by atoms with Crippen molar-refractivity contribution < 1.29 is 22.5 Å². The Bertz CT molecular complexity index is 1150. The first-order valence-electron chi connectivity index (χ1n) is 9.38. The molecule has 0 aliphatic carbocycles. The molecule has 11 heteroatoms. The smallest absolute Gasteiger partial charge is 0.316 e. The number of hydrogen-bond acceptors (Lipinski definition) is 8. The van der Waals surface area contributed by atoms with Crippen LogP contribution in [-0.4, -0.2) is 55.7 Å². The third-order valence-corrected chi connectivity index (χ3v) is 7.45. The van der Waals surface area contributed by atoms with Crippen molar-refractivity contribution in [2.24, 2.45) is 0 Å². The number of anilines is 1. The first-order chi connectivity index (χ1) is 14.5.